The van der Waals surface area contributed by atoms with Gasteiger partial charge in [0.15, 0.2) is 6.29 Å². The zero-order valence-corrected chi connectivity index (χ0v) is 52.3. The van der Waals surface area contributed by atoms with E-state index < -0.39 is 49.5 Å². The summed E-state index contributed by atoms with van der Waals surface area (Å²) in [6.45, 7) is 3.69. The molecule has 0 spiro atoms. The Hall–Kier alpha value is -2.89. The minimum Gasteiger partial charge on any atom is -0.394 e. The lowest BCUT2D eigenvalue weighted by Crippen LogP contribution is -2.60. The number of aliphatic hydroxyl groups excluding tert-OH is 5. The summed E-state index contributed by atoms with van der Waals surface area (Å²) in [6, 6.07) is -0.812. The molecule has 9 nitrogen and oxygen atoms in total. The van der Waals surface area contributed by atoms with Crippen LogP contribution in [0, 0.1) is 0 Å². The quantitative estimate of drug-likeness (QED) is 0.0261. The third-order valence-corrected chi connectivity index (χ3v) is 15.7. The number of carbonyl (C=O) groups excluding carboxylic acids is 1. The highest BCUT2D eigenvalue weighted by atomic mass is 16.7. The van der Waals surface area contributed by atoms with E-state index >= 15 is 0 Å². The van der Waals surface area contributed by atoms with Crippen LogP contribution in [-0.2, 0) is 14.3 Å². The predicted molar refractivity (Wildman–Crippen MR) is 345 cm³/mol. The highest BCUT2D eigenvalue weighted by molar-refractivity contribution is 5.76. The Morgan fingerprint density at radius 2 is 0.765 bits per heavy atom. The minimum atomic E-state index is -1.57. The third-order valence-electron chi connectivity index (χ3n) is 15.7. The van der Waals surface area contributed by atoms with E-state index in [2.05, 4.69) is 104 Å². The van der Waals surface area contributed by atoms with Gasteiger partial charge < -0.3 is 40.3 Å². The maximum absolute atomic E-state index is 13.1. The van der Waals surface area contributed by atoms with Crippen molar-refractivity contribution in [1.29, 1.82) is 0 Å². The molecule has 0 bridgehead atoms. The summed E-state index contributed by atoms with van der Waals surface area (Å²) in [5.74, 6) is -0.178. The molecule has 81 heavy (non-hydrogen) atoms. The number of ether oxygens (including phenoxy) is 2. The van der Waals surface area contributed by atoms with Crippen LogP contribution >= 0.6 is 0 Å². The van der Waals surface area contributed by atoms with Crippen LogP contribution < -0.4 is 5.32 Å². The molecule has 7 unspecified atom stereocenters. The topological polar surface area (TPSA) is 149 Å². The van der Waals surface area contributed by atoms with Crippen LogP contribution in [0.5, 0.6) is 0 Å². The SMILES string of the molecule is CC/C=C\C/C=C\C/C=C\C/C=C\C/C=C\C/C=C\C/C=C\CCCCCCCCCCCCCCCC(=O)NC(COC1OC(CO)C(O)C(O)C1O)C(O)/C=C/CCCCCCCCCCCCCCCCCCCCCCC. The molecule has 0 aliphatic carbocycles. The number of carbonyl (C=O) groups is 1. The van der Waals surface area contributed by atoms with E-state index in [1.54, 1.807) is 6.08 Å². The number of nitrogens with one attached hydrogen (secondary N) is 1. The highest BCUT2D eigenvalue weighted by Gasteiger charge is 2.44. The molecule has 1 aliphatic heterocycles. The fraction of sp³-hybridized carbons (Fsp3) is 0.764. The second-order valence-corrected chi connectivity index (χ2v) is 23.2. The highest BCUT2D eigenvalue weighted by Crippen LogP contribution is 2.23. The molecule has 0 aromatic carbocycles. The molecule has 1 fully saturated rings. The van der Waals surface area contributed by atoms with Crippen LogP contribution in [-0.4, -0.2) is 87.5 Å². The Kier molecular flexibility index (Phi) is 56.6. The van der Waals surface area contributed by atoms with Crippen molar-refractivity contribution in [1.82, 2.24) is 5.32 Å². The molecule has 1 aliphatic rings. The molecule has 1 saturated heterocycles. The van der Waals surface area contributed by atoms with Crippen molar-refractivity contribution >= 4 is 5.91 Å². The van der Waals surface area contributed by atoms with Crippen molar-refractivity contribution in [2.45, 2.75) is 339 Å². The van der Waals surface area contributed by atoms with Gasteiger partial charge in [-0.3, -0.25) is 4.79 Å². The van der Waals surface area contributed by atoms with E-state index in [4.69, 9.17) is 9.47 Å². The first-order chi connectivity index (χ1) is 39.8. The van der Waals surface area contributed by atoms with Crippen LogP contribution in [0.4, 0.5) is 0 Å². The number of allylic oxidation sites excluding steroid dienone is 15. The molecule has 0 aromatic rings. The summed E-state index contributed by atoms with van der Waals surface area (Å²) in [5, 5.41) is 54.7. The van der Waals surface area contributed by atoms with Gasteiger partial charge in [-0.1, -0.05) is 310 Å². The van der Waals surface area contributed by atoms with Gasteiger partial charge in [-0.15, -0.1) is 0 Å². The molecule has 1 heterocycles. The zero-order valence-electron chi connectivity index (χ0n) is 52.3. The predicted octanol–water partition coefficient (Wildman–Crippen LogP) is 18.3. The second-order valence-electron chi connectivity index (χ2n) is 23.2. The number of aliphatic hydroxyl groups is 5. The van der Waals surface area contributed by atoms with Gasteiger partial charge in [0, 0.05) is 6.42 Å². The van der Waals surface area contributed by atoms with Gasteiger partial charge in [-0.05, 0) is 77.0 Å². The maximum Gasteiger partial charge on any atom is 0.220 e. The number of rotatable bonds is 58. The standard InChI is InChI=1S/C72H127NO8/c1-3-5-7-9-11-13-15-17-19-21-23-25-27-28-29-30-31-32-33-34-35-36-37-38-40-42-44-46-48-50-52-54-56-58-60-62-68(76)73-65(64-80-72-71(79)70(78)69(77)67(63-74)81-72)66(75)61-59-57-55-53-51-49-47-45-43-41-39-26-24-22-20-18-16-14-12-10-8-6-4-2/h5,7,11,13,17,19,23,25,28-29,31-32,34-35,59,61,65-67,69-72,74-75,77-79H,3-4,6,8-10,12,14-16,18,20-22,24,26-27,30,33,36-58,60,62-64H2,1-2H3,(H,73,76)/b7-5-,13-11-,19-17-,25-23-,29-28-,32-31-,35-34-,61-59+. The van der Waals surface area contributed by atoms with Crippen LogP contribution in [0.15, 0.2) is 97.2 Å². The van der Waals surface area contributed by atoms with Crippen LogP contribution in [0.2, 0.25) is 0 Å². The molecule has 0 radical (unpaired) electrons. The van der Waals surface area contributed by atoms with E-state index in [1.807, 2.05) is 6.08 Å². The smallest absolute Gasteiger partial charge is 0.220 e. The van der Waals surface area contributed by atoms with Crippen molar-refractivity contribution in [3.63, 3.8) is 0 Å². The number of hydrogen-bond acceptors (Lipinski definition) is 8. The van der Waals surface area contributed by atoms with Crippen molar-refractivity contribution < 1.29 is 39.8 Å². The monoisotopic (exact) mass is 1130 g/mol. The summed E-state index contributed by atoms with van der Waals surface area (Å²) in [4.78, 5) is 13.1. The van der Waals surface area contributed by atoms with E-state index in [0.717, 1.165) is 83.5 Å². The minimum absolute atomic E-state index is 0.178. The molecule has 1 amide bonds. The Balaban J connectivity index is 2.15. The van der Waals surface area contributed by atoms with E-state index in [0.29, 0.717) is 6.42 Å². The first kappa shape index (κ1) is 76.1. The molecule has 0 aromatic heterocycles. The Morgan fingerprint density at radius 1 is 0.432 bits per heavy atom. The van der Waals surface area contributed by atoms with E-state index in [9.17, 15) is 30.3 Å². The Morgan fingerprint density at radius 3 is 1.14 bits per heavy atom. The Labute approximate surface area is 498 Å². The van der Waals surface area contributed by atoms with Gasteiger partial charge in [0.2, 0.25) is 5.91 Å². The molecular weight excluding hydrogens is 1010 g/mol. The largest absolute Gasteiger partial charge is 0.394 e. The van der Waals surface area contributed by atoms with Crippen LogP contribution in [0.25, 0.3) is 0 Å². The summed E-state index contributed by atoms with van der Waals surface area (Å²) in [7, 11) is 0. The molecule has 9 heteroatoms. The first-order valence-electron chi connectivity index (χ1n) is 34.0. The second kappa shape index (κ2) is 60.2. The molecule has 7 atom stereocenters. The van der Waals surface area contributed by atoms with E-state index in [-0.39, 0.29) is 12.5 Å². The van der Waals surface area contributed by atoms with Crippen molar-refractivity contribution in [3.05, 3.63) is 97.2 Å². The molecule has 1 rings (SSSR count). The van der Waals surface area contributed by atoms with Crippen LogP contribution in [0.3, 0.4) is 0 Å². The summed E-state index contributed by atoms with van der Waals surface area (Å²) < 4.78 is 11.3. The Bertz CT molecular complexity index is 1600. The molecule has 6 N–H and O–H groups in total. The fourth-order valence-electron chi connectivity index (χ4n) is 10.4. The third kappa shape index (κ3) is 49.1. The number of amides is 1. The van der Waals surface area contributed by atoms with Gasteiger partial charge in [0.25, 0.3) is 0 Å². The van der Waals surface area contributed by atoms with Gasteiger partial charge in [-0.2, -0.15) is 0 Å². The zero-order chi connectivity index (χ0) is 58.6. The molecule has 0 saturated carbocycles. The first-order valence-corrected chi connectivity index (χ1v) is 34.0. The lowest BCUT2D eigenvalue weighted by molar-refractivity contribution is -0.302. The lowest BCUT2D eigenvalue weighted by Gasteiger charge is -2.40. The van der Waals surface area contributed by atoms with Gasteiger partial charge in [-0.25, -0.2) is 0 Å². The average Bonchev–Trinajstić information content (AvgIpc) is 3.48. The van der Waals surface area contributed by atoms with E-state index in [1.165, 1.54) is 193 Å². The van der Waals surface area contributed by atoms with Crippen molar-refractivity contribution in [2.75, 3.05) is 13.2 Å². The normalized spacial score (nSPS) is 19.0. The maximum atomic E-state index is 13.1. The van der Waals surface area contributed by atoms with Gasteiger partial charge in [0.1, 0.15) is 24.4 Å². The summed E-state index contributed by atoms with van der Waals surface area (Å²) in [5.41, 5.74) is 0. The van der Waals surface area contributed by atoms with Gasteiger partial charge >= 0.3 is 0 Å². The van der Waals surface area contributed by atoms with Gasteiger partial charge in [0.05, 0.1) is 25.4 Å². The lowest BCUT2D eigenvalue weighted by atomic mass is 9.99. The van der Waals surface area contributed by atoms with Crippen molar-refractivity contribution in [2.24, 2.45) is 0 Å². The fourth-order valence-corrected chi connectivity index (χ4v) is 10.4. The number of hydrogen-bond donors (Lipinski definition) is 6. The number of unbranched alkanes of at least 4 members (excludes halogenated alkanes) is 34. The van der Waals surface area contributed by atoms with Crippen molar-refractivity contribution in [3.8, 4) is 0 Å². The summed E-state index contributed by atoms with van der Waals surface area (Å²) in [6.07, 6.45) is 80.6. The molecule has 468 valence electrons. The summed E-state index contributed by atoms with van der Waals surface area (Å²) >= 11 is 0. The molecular formula is C72H127NO8. The van der Waals surface area contributed by atoms with Crippen LogP contribution in [0.1, 0.15) is 296 Å². The average molecular weight is 1130 g/mol.